The quantitative estimate of drug-likeness (QED) is 0.749. The topological polar surface area (TPSA) is 50.8 Å². The maximum absolute atomic E-state index is 12.3. The first-order valence-electron chi connectivity index (χ1n) is 9.19. The van der Waals surface area contributed by atoms with Crippen molar-refractivity contribution in [3.63, 3.8) is 0 Å². The Labute approximate surface area is 165 Å². The summed E-state index contributed by atoms with van der Waals surface area (Å²) in [6.45, 7) is 2.57. The Morgan fingerprint density at radius 2 is 1.85 bits per heavy atom. The molecular formula is C21H25ClN2O3. The summed E-state index contributed by atoms with van der Waals surface area (Å²) < 4.78 is 10.8. The van der Waals surface area contributed by atoms with Gasteiger partial charge in [0, 0.05) is 6.54 Å². The fourth-order valence-electron chi connectivity index (χ4n) is 3.30. The number of likely N-dealkylation sites (tertiary alicyclic amines) is 1. The second-order valence-corrected chi connectivity index (χ2v) is 6.96. The largest absolute Gasteiger partial charge is 0.497 e. The highest BCUT2D eigenvalue weighted by Crippen LogP contribution is 2.26. The van der Waals surface area contributed by atoms with Gasteiger partial charge >= 0.3 is 0 Å². The number of hydrogen-bond acceptors (Lipinski definition) is 4. The predicted octanol–water partition coefficient (Wildman–Crippen LogP) is 3.68. The van der Waals surface area contributed by atoms with Crippen molar-refractivity contribution in [2.24, 2.45) is 0 Å². The van der Waals surface area contributed by atoms with Crippen molar-refractivity contribution < 1.29 is 14.3 Å². The van der Waals surface area contributed by atoms with E-state index in [1.54, 1.807) is 19.2 Å². The van der Waals surface area contributed by atoms with E-state index >= 15 is 0 Å². The van der Waals surface area contributed by atoms with Crippen molar-refractivity contribution in [3.05, 3.63) is 59.1 Å². The fourth-order valence-corrected chi connectivity index (χ4v) is 3.49. The van der Waals surface area contributed by atoms with Gasteiger partial charge in [-0.2, -0.15) is 0 Å². The van der Waals surface area contributed by atoms with Crippen LogP contribution in [0.25, 0.3) is 0 Å². The molecule has 2 aromatic carbocycles. The van der Waals surface area contributed by atoms with E-state index < -0.39 is 0 Å². The van der Waals surface area contributed by atoms with Gasteiger partial charge in [0.15, 0.2) is 6.61 Å². The summed E-state index contributed by atoms with van der Waals surface area (Å²) in [4.78, 5) is 14.7. The van der Waals surface area contributed by atoms with Gasteiger partial charge < -0.3 is 14.8 Å². The minimum atomic E-state index is -0.160. The average molecular weight is 389 g/mol. The van der Waals surface area contributed by atoms with Crippen LogP contribution in [-0.2, 0) is 4.79 Å². The number of hydrogen-bond donors (Lipinski definition) is 1. The molecule has 1 atom stereocenters. The monoisotopic (exact) mass is 388 g/mol. The number of rotatable bonds is 8. The summed E-state index contributed by atoms with van der Waals surface area (Å²) in [5.74, 6) is 1.18. The first-order chi connectivity index (χ1) is 13.2. The molecule has 5 nitrogen and oxygen atoms in total. The lowest BCUT2D eigenvalue weighted by molar-refractivity contribution is -0.123. The summed E-state index contributed by atoms with van der Waals surface area (Å²) in [5, 5.41) is 3.50. The van der Waals surface area contributed by atoms with Crippen LogP contribution in [0.4, 0.5) is 0 Å². The second-order valence-electron chi connectivity index (χ2n) is 6.56. The minimum Gasteiger partial charge on any atom is -0.497 e. The molecule has 3 rings (SSSR count). The molecule has 144 valence electrons. The molecule has 1 aliphatic heterocycles. The minimum absolute atomic E-state index is 0.0565. The van der Waals surface area contributed by atoms with E-state index in [1.807, 2.05) is 24.3 Å². The predicted molar refractivity (Wildman–Crippen MR) is 106 cm³/mol. The number of carbonyl (C=O) groups is 1. The lowest BCUT2D eigenvalue weighted by Gasteiger charge is -2.28. The Bertz CT molecular complexity index is 745. The van der Waals surface area contributed by atoms with E-state index in [0.29, 0.717) is 17.3 Å². The van der Waals surface area contributed by atoms with Crippen LogP contribution >= 0.6 is 11.6 Å². The number of ether oxygens (including phenoxy) is 2. The van der Waals surface area contributed by atoms with Crippen molar-refractivity contribution in [3.8, 4) is 11.5 Å². The van der Waals surface area contributed by atoms with Gasteiger partial charge in [0.25, 0.3) is 5.91 Å². The molecule has 1 unspecified atom stereocenters. The molecule has 1 heterocycles. The molecule has 0 bridgehead atoms. The van der Waals surface area contributed by atoms with Gasteiger partial charge in [-0.15, -0.1) is 0 Å². The van der Waals surface area contributed by atoms with Crippen LogP contribution in [-0.4, -0.2) is 44.2 Å². The zero-order chi connectivity index (χ0) is 19.1. The molecule has 0 spiro atoms. The van der Waals surface area contributed by atoms with E-state index in [2.05, 4.69) is 22.3 Å². The molecule has 0 saturated carbocycles. The fraction of sp³-hybridized carbons (Fsp3) is 0.381. The van der Waals surface area contributed by atoms with Gasteiger partial charge in [-0.3, -0.25) is 9.69 Å². The highest BCUT2D eigenvalue weighted by molar-refractivity contribution is 6.32. The maximum Gasteiger partial charge on any atom is 0.258 e. The summed E-state index contributed by atoms with van der Waals surface area (Å²) in [6, 6.07) is 15.3. The van der Waals surface area contributed by atoms with Crippen molar-refractivity contribution in [2.45, 2.75) is 18.9 Å². The van der Waals surface area contributed by atoms with Crippen molar-refractivity contribution >= 4 is 17.5 Å². The number of halogens is 1. The number of methoxy groups -OCH3 is 1. The van der Waals surface area contributed by atoms with E-state index in [0.717, 1.165) is 18.8 Å². The molecule has 1 aliphatic rings. The summed E-state index contributed by atoms with van der Waals surface area (Å²) in [5.41, 5.74) is 1.17. The first-order valence-corrected chi connectivity index (χ1v) is 9.57. The van der Waals surface area contributed by atoms with Crippen molar-refractivity contribution in [1.82, 2.24) is 10.2 Å². The third-order valence-electron chi connectivity index (χ3n) is 4.77. The van der Waals surface area contributed by atoms with Gasteiger partial charge in [0.1, 0.15) is 11.5 Å². The molecule has 1 amide bonds. The number of nitrogens with one attached hydrogen (secondary N) is 1. The zero-order valence-corrected chi connectivity index (χ0v) is 16.2. The molecule has 27 heavy (non-hydrogen) atoms. The van der Waals surface area contributed by atoms with E-state index in [-0.39, 0.29) is 18.6 Å². The second kappa shape index (κ2) is 9.62. The van der Waals surface area contributed by atoms with Crippen LogP contribution in [0.15, 0.2) is 48.5 Å². The normalized spacial score (nSPS) is 15.3. The van der Waals surface area contributed by atoms with Gasteiger partial charge in [-0.1, -0.05) is 35.9 Å². The maximum atomic E-state index is 12.3. The summed E-state index contributed by atoms with van der Waals surface area (Å²) in [6.07, 6.45) is 2.38. The molecule has 1 N–H and O–H groups in total. The van der Waals surface area contributed by atoms with Crippen molar-refractivity contribution in [1.29, 1.82) is 0 Å². The standard InChI is InChI=1S/C21H25ClN2O3/c1-26-17-10-8-16(9-11-17)19(24-12-4-5-13-24)14-23-21(25)15-27-20-7-3-2-6-18(20)22/h2-3,6-11,19H,4-5,12-15H2,1H3,(H,23,25). The number of benzene rings is 2. The number of carbonyl (C=O) groups excluding carboxylic acids is 1. The molecular weight excluding hydrogens is 364 g/mol. The lowest BCUT2D eigenvalue weighted by Crippen LogP contribution is -2.38. The Morgan fingerprint density at radius 1 is 1.15 bits per heavy atom. The zero-order valence-electron chi connectivity index (χ0n) is 15.5. The van der Waals surface area contributed by atoms with Crippen molar-refractivity contribution in [2.75, 3.05) is 33.4 Å². The Morgan fingerprint density at radius 3 is 2.52 bits per heavy atom. The van der Waals surface area contributed by atoms with Crippen LogP contribution in [0.5, 0.6) is 11.5 Å². The van der Waals surface area contributed by atoms with Gasteiger partial charge in [-0.05, 0) is 55.8 Å². The molecule has 1 saturated heterocycles. The Balaban J connectivity index is 1.58. The molecule has 2 aromatic rings. The third kappa shape index (κ3) is 5.37. The molecule has 6 heteroatoms. The third-order valence-corrected chi connectivity index (χ3v) is 5.08. The highest BCUT2D eigenvalue weighted by atomic mass is 35.5. The van der Waals surface area contributed by atoms with Crippen LogP contribution in [0, 0.1) is 0 Å². The van der Waals surface area contributed by atoms with E-state index in [1.165, 1.54) is 18.4 Å². The molecule has 1 fully saturated rings. The smallest absolute Gasteiger partial charge is 0.258 e. The van der Waals surface area contributed by atoms with Gasteiger partial charge in [0.05, 0.1) is 18.2 Å². The Hall–Kier alpha value is -2.24. The molecule has 0 aromatic heterocycles. The Kier molecular flexibility index (Phi) is 6.96. The molecule has 0 radical (unpaired) electrons. The van der Waals surface area contributed by atoms with Crippen LogP contribution in [0.2, 0.25) is 5.02 Å². The number of amides is 1. The van der Waals surface area contributed by atoms with Crippen LogP contribution in [0.3, 0.4) is 0 Å². The first kappa shape index (κ1) is 19.5. The van der Waals surface area contributed by atoms with E-state index in [4.69, 9.17) is 21.1 Å². The summed E-state index contributed by atoms with van der Waals surface area (Å²) >= 11 is 6.05. The number of para-hydroxylation sites is 1. The highest BCUT2D eigenvalue weighted by Gasteiger charge is 2.24. The van der Waals surface area contributed by atoms with Crippen LogP contribution in [0.1, 0.15) is 24.4 Å². The summed E-state index contributed by atoms with van der Waals surface area (Å²) in [7, 11) is 1.66. The number of nitrogens with zero attached hydrogens (tertiary/aromatic N) is 1. The molecule has 0 aliphatic carbocycles. The van der Waals surface area contributed by atoms with Crippen LogP contribution < -0.4 is 14.8 Å². The van der Waals surface area contributed by atoms with E-state index in [9.17, 15) is 4.79 Å². The average Bonchev–Trinajstić information content (AvgIpc) is 3.22. The lowest BCUT2D eigenvalue weighted by atomic mass is 10.1. The SMILES string of the molecule is COc1ccc(C(CNC(=O)COc2ccccc2Cl)N2CCCC2)cc1. The van der Waals surface area contributed by atoms with Gasteiger partial charge in [0.2, 0.25) is 0 Å². The van der Waals surface area contributed by atoms with Gasteiger partial charge in [-0.25, -0.2) is 0 Å².